The van der Waals surface area contributed by atoms with E-state index in [1.54, 1.807) is 19.3 Å². The standard InChI is InChI=1S/C13H20O/c1-14-13-9-4-5-10(13)12-8-3-2-7(6-8)11(9)12/h7-13H,2-6H2,1H3. The third-order valence-corrected chi connectivity index (χ3v) is 5.99. The van der Waals surface area contributed by atoms with E-state index in [2.05, 4.69) is 0 Å². The number of rotatable bonds is 1. The van der Waals surface area contributed by atoms with Gasteiger partial charge in [-0.1, -0.05) is 0 Å². The Hall–Kier alpha value is -0.0400. The molecule has 78 valence electrons. The van der Waals surface area contributed by atoms with Crippen LogP contribution in [0.5, 0.6) is 0 Å². The summed E-state index contributed by atoms with van der Waals surface area (Å²) < 4.78 is 5.76. The largest absolute Gasteiger partial charge is 0.381 e. The summed E-state index contributed by atoms with van der Waals surface area (Å²) in [5.41, 5.74) is 0. The molecular formula is C13H20O. The van der Waals surface area contributed by atoms with Crippen LogP contribution in [0.15, 0.2) is 0 Å². The van der Waals surface area contributed by atoms with Crippen molar-refractivity contribution < 1.29 is 4.74 Å². The van der Waals surface area contributed by atoms with Crippen LogP contribution in [0.1, 0.15) is 32.1 Å². The van der Waals surface area contributed by atoms with Crippen molar-refractivity contribution >= 4 is 0 Å². The number of methoxy groups -OCH3 is 1. The highest BCUT2D eigenvalue weighted by molar-refractivity contribution is 5.12. The molecule has 4 rings (SSSR count). The van der Waals surface area contributed by atoms with Crippen LogP contribution >= 0.6 is 0 Å². The van der Waals surface area contributed by atoms with E-state index in [1.807, 2.05) is 7.11 Å². The molecule has 14 heavy (non-hydrogen) atoms. The number of hydrogen-bond acceptors (Lipinski definition) is 1. The lowest BCUT2D eigenvalue weighted by Crippen LogP contribution is -2.27. The van der Waals surface area contributed by atoms with Crippen LogP contribution in [-0.4, -0.2) is 13.2 Å². The van der Waals surface area contributed by atoms with Crippen molar-refractivity contribution in [1.29, 1.82) is 0 Å². The second-order valence-corrected chi connectivity index (χ2v) is 6.09. The van der Waals surface area contributed by atoms with E-state index in [0.29, 0.717) is 6.10 Å². The highest BCUT2D eigenvalue weighted by atomic mass is 16.5. The second kappa shape index (κ2) is 2.55. The van der Waals surface area contributed by atoms with Crippen molar-refractivity contribution in [2.75, 3.05) is 7.11 Å². The molecule has 0 aliphatic heterocycles. The van der Waals surface area contributed by atoms with Gasteiger partial charge < -0.3 is 4.74 Å². The first-order chi connectivity index (χ1) is 6.90. The molecule has 0 radical (unpaired) electrons. The van der Waals surface area contributed by atoms with Crippen LogP contribution in [0.3, 0.4) is 0 Å². The zero-order chi connectivity index (χ0) is 9.28. The van der Waals surface area contributed by atoms with Crippen LogP contribution in [0.2, 0.25) is 0 Å². The Morgan fingerprint density at radius 2 is 1.43 bits per heavy atom. The minimum absolute atomic E-state index is 0.661. The fourth-order valence-corrected chi connectivity index (χ4v) is 5.85. The van der Waals surface area contributed by atoms with Crippen molar-refractivity contribution in [1.82, 2.24) is 0 Å². The fraction of sp³-hybridized carbons (Fsp3) is 1.00. The van der Waals surface area contributed by atoms with Crippen LogP contribution in [0, 0.1) is 35.5 Å². The minimum Gasteiger partial charge on any atom is -0.381 e. The maximum atomic E-state index is 5.76. The first kappa shape index (κ1) is 8.15. The minimum atomic E-state index is 0.661. The maximum absolute atomic E-state index is 5.76. The molecule has 0 spiro atoms. The molecule has 4 saturated carbocycles. The van der Waals surface area contributed by atoms with Gasteiger partial charge in [0, 0.05) is 7.11 Å². The highest BCUT2D eigenvalue weighted by Crippen LogP contribution is 2.67. The van der Waals surface area contributed by atoms with Gasteiger partial charge in [-0.15, -0.1) is 0 Å². The summed E-state index contributed by atoms with van der Waals surface area (Å²) in [6.07, 6.45) is 8.30. The SMILES string of the molecule is COC1C2CCC1C1C3CCC(C3)C21. The van der Waals surface area contributed by atoms with Gasteiger partial charge in [0.2, 0.25) is 0 Å². The average molecular weight is 192 g/mol. The molecule has 0 amide bonds. The fourth-order valence-electron chi connectivity index (χ4n) is 5.85. The van der Waals surface area contributed by atoms with Crippen molar-refractivity contribution in [3.05, 3.63) is 0 Å². The quantitative estimate of drug-likeness (QED) is 0.580. The monoisotopic (exact) mass is 192 g/mol. The Kier molecular flexibility index (Phi) is 1.49. The molecule has 1 nitrogen and oxygen atoms in total. The van der Waals surface area contributed by atoms with Crippen LogP contribution in [0.25, 0.3) is 0 Å². The van der Waals surface area contributed by atoms with Crippen molar-refractivity contribution in [2.45, 2.75) is 38.2 Å². The van der Waals surface area contributed by atoms with E-state index in [0.717, 1.165) is 35.5 Å². The molecule has 1 heteroatoms. The summed E-state index contributed by atoms with van der Waals surface area (Å²) in [5.74, 6) is 6.33. The lowest BCUT2D eigenvalue weighted by atomic mass is 9.71. The molecule has 0 N–H and O–H groups in total. The third kappa shape index (κ3) is 0.743. The topological polar surface area (TPSA) is 9.23 Å². The molecule has 4 aliphatic carbocycles. The molecule has 0 aromatic carbocycles. The van der Waals surface area contributed by atoms with Gasteiger partial charge in [0.1, 0.15) is 0 Å². The van der Waals surface area contributed by atoms with Gasteiger partial charge in [-0.3, -0.25) is 0 Å². The van der Waals surface area contributed by atoms with E-state index in [4.69, 9.17) is 4.74 Å². The predicted octanol–water partition coefficient (Wildman–Crippen LogP) is 2.70. The first-order valence-electron chi connectivity index (χ1n) is 6.43. The van der Waals surface area contributed by atoms with E-state index >= 15 is 0 Å². The summed E-state index contributed by atoms with van der Waals surface area (Å²) in [7, 11) is 1.94. The van der Waals surface area contributed by atoms with Gasteiger partial charge >= 0.3 is 0 Å². The first-order valence-corrected chi connectivity index (χ1v) is 6.43. The third-order valence-electron chi connectivity index (χ3n) is 5.99. The van der Waals surface area contributed by atoms with Gasteiger partial charge in [-0.05, 0) is 67.6 Å². The molecule has 4 fully saturated rings. The molecule has 4 bridgehead atoms. The van der Waals surface area contributed by atoms with Crippen LogP contribution < -0.4 is 0 Å². The average Bonchev–Trinajstić information content (AvgIpc) is 2.95. The van der Waals surface area contributed by atoms with E-state index in [1.165, 1.54) is 12.8 Å². The Labute approximate surface area is 86.2 Å². The maximum Gasteiger partial charge on any atom is 0.0633 e. The molecule has 4 aliphatic rings. The zero-order valence-corrected chi connectivity index (χ0v) is 8.99. The van der Waals surface area contributed by atoms with Gasteiger partial charge in [-0.25, -0.2) is 0 Å². The molecular weight excluding hydrogens is 172 g/mol. The van der Waals surface area contributed by atoms with Crippen LogP contribution in [0.4, 0.5) is 0 Å². The van der Waals surface area contributed by atoms with Gasteiger partial charge in [-0.2, -0.15) is 0 Å². The predicted molar refractivity (Wildman–Crippen MR) is 54.8 cm³/mol. The van der Waals surface area contributed by atoms with Crippen LogP contribution in [-0.2, 0) is 4.74 Å². The summed E-state index contributed by atoms with van der Waals surface area (Å²) >= 11 is 0. The van der Waals surface area contributed by atoms with Gasteiger partial charge in [0.15, 0.2) is 0 Å². The van der Waals surface area contributed by atoms with Crippen molar-refractivity contribution in [3.8, 4) is 0 Å². The second-order valence-electron chi connectivity index (χ2n) is 6.09. The van der Waals surface area contributed by atoms with Gasteiger partial charge in [0.25, 0.3) is 0 Å². The number of hydrogen-bond donors (Lipinski definition) is 0. The normalized spacial score (nSPS) is 63.6. The summed E-state index contributed by atoms with van der Waals surface area (Å²) in [5, 5.41) is 0. The molecule has 0 aromatic rings. The van der Waals surface area contributed by atoms with E-state index in [-0.39, 0.29) is 0 Å². The van der Waals surface area contributed by atoms with Crippen molar-refractivity contribution in [2.24, 2.45) is 35.5 Å². The lowest BCUT2D eigenvalue weighted by Gasteiger charge is -2.33. The molecule has 6 unspecified atom stereocenters. The zero-order valence-electron chi connectivity index (χ0n) is 8.99. The number of ether oxygens (including phenoxy) is 1. The smallest absolute Gasteiger partial charge is 0.0633 e. The lowest BCUT2D eigenvalue weighted by molar-refractivity contribution is 0.0524. The summed E-state index contributed by atoms with van der Waals surface area (Å²) in [4.78, 5) is 0. The Balaban J connectivity index is 1.73. The van der Waals surface area contributed by atoms with Crippen molar-refractivity contribution in [3.63, 3.8) is 0 Å². The molecule has 6 atom stereocenters. The Morgan fingerprint density at radius 3 is 1.93 bits per heavy atom. The van der Waals surface area contributed by atoms with Gasteiger partial charge in [0.05, 0.1) is 6.10 Å². The summed E-state index contributed by atoms with van der Waals surface area (Å²) in [6.45, 7) is 0. The molecule has 0 heterocycles. The Morgan fingerprint density at radius 1 is 0.857 bits per heavy atom. The van der Waals surface area contributed by atoms with E-state index in [9.17, 15) is 0 Å². The Bertz CT molecular complexity index is 238. The molecule has 0 aromatic heterocycles. The van der Waals surface area contributed by atoms with E-state index < -0.39 is 0 Å². The summed E-state index contributed by atoms with van der Waals surface area (Å²) in [6, 6.07) is 0. The number of fused-ring (bicyclic) bond motifs is 9. The highest BCUT2D eigenvalue weighted by Gasteiger charge is 2.63. The molecule has 0 saturated heterocycles.